The molecule has 1 heterocycles. The van der Waals surface area contributed by atoms with Gasteiger partial charge in [0.15, 0.2) is 9.84 Å². The van der Waals surface area contributed by atoms with Crippen molar-refractivity contribution in [1.82, 2.24) is 5.32 Å². The van der Waals surface area contributed by atoms with Gasteiger partial charge in [-0.2, -0.15) is 0 Å². The molecule has 8 heteroatoms. The molecule has 0 saturated carbocycles. The predicted molar refractivity (Wildman–Crippen MR) is 66.6 cm³/mol. The van der Waals surface area contributed by atoms with E-state index in [-0.39, 0.29) is 42.5 Å². The summed E-state index contributed by atoms with van der Waals surface area (Å²) >= 11 is 4.91. The Balaban J connectivity index is 2.09. The van der Waals surface area contributed by atoms with E-state index in [1.54, 1.807) is 0 Å². The maximum atomic E-state index is 11.2. The SMILES string of the molecule is O=S1(=O)CC[C@@H](NC(=S)OCCOCCO)C1. The van der Waals surface area contributed by atoms with E-state index in [9.17, 15) is 8.42 Å². The fourth-order valence-electron chi connectivity index (χ4n) is 1.48. The van der Waals surface area contributed by atoms with Crippen molar-refractivity contribution in [3.8, 4) is 0 Å². The highest BCUT2D eigenvalue weighted by molar-refractivity contribution is 7.91. The molecule has 0 aliphatic carbocycles. The van der Waals surface area contributed by atoms with Crippen LogP contribution in [-0.2, 0) is 19.3 Å². The van der Waals surface area contributed by atoms with Gasteiger partial charge in [-0.1, -0.05) is 0 Å². The Kier molecular flexibility index (Phi) is 6.10. The maximum absolute atomic E-state index is 11.2. The molecule has 100 valence electrons. The van der Waals surface area contributed by atoms with Crippen molar-refractivity contribution >= 4 is 27.2 Å². The minimum Gasteiger partial charge on any atom is -0.469 e. The maximum Gasteiger partial charge on any atom is 0.256 e. The van der Waals surface area contributed by atoms with Crippen LogP contribution in [0.5, 0.6) is 0 Å². The first-order chi connectivity index (χ1) is 8.03. The summed E-state index contributed by atoms with van der Waals surface area (Å²) in [6.07, 6.45) is 0.562. The molecule has 6 nitrogen and oxygen atoms in total. The molecule has 2 N–H and O–H groups in total. The number of nitrogens with one attached hydrogen (secondary N) is 1. The van der Waals surface area contributed by atoms with Crippen molar-refractivity contribution in [2.45, 2.75) is 12.5 Å². The molecule has 0 radical (unpaired) electrons. The highest BCUT2D eigenvalue weighted by atomic mass is 32.2. The van der Waals surface area contributed by atoms with Gasteiger partial charge in [0.2, 0.25) is 0 Å². The molecular formula is C9H17NO5S2. The second-order valence-corrected chi connectivity index (χ2v) is 6.32. The number of sulfone groups is 1. The third-order valence-corrected chi connectivity index (χ3v) is 4.25. The van der Waals surface area contributed by atoms with Gasteiger partial charge in [-0.05, 0) is 18.6 Å². The molecule has 1 aliphatic rings. The van der Waals surface area contributed by atoms with E-state index in [1.807, 2.05) is 0 Å². The lowest BCUT2D eigenvalue weighted by molar-refractivity contribution is 0.0675. The van der Waals surface area contributed by atoms with Crippen molar-refractivity contribution in [2.75, 3.05) is 37.9 Å². The number of hydrogen-bond acceptors (Lipinski definition) is 6. The van der Waals surface area contributed by atoms with Crippen molar-refractivity contribution in [3.63, 3.8) is 0 Å². The van der Waals surface area contributed by atoms with Gasteiger partial charge >= 0.3 is 0 Å². The zero-order valence-corrected chi connectivity index (χ0v) is 11.1. The Labute approximate surface area is 106 Å². The van der Waals surface area contributed by atoms with Gasteiger partial charge in [0.1, 0.15) is 6.61 Å². The van der Waals surface area contributed by atoms with E-state index in [0.29, 0.717) is 13.0 Å². The Hall–Kier alpha value is -0.440. The largest absolute Gasteiger partial charge is 0.469 e. The van der Waals surface area contributed by atoms with Crippen molar-refractivity contribution in [3.05, 3.63) is 0 Å². The lowest BCUT2D eigenvalue weighted by Gasteiger charge is -2.13. The summed E-state index contributed by atoms with van der Waals surface area (Å²) in [6, 6.07) is -0.147. The van der Waals surface area contributed by atoms with E-state index in [0.717, 1.165) is 0 Å². The second kappa shape index (κ2) is 7.10. The van der Waals surface area contributed by atoms with Crippen molar-refractivity contribution < 1.29 is 23.0 Å². The molecule has 1 atom stereocenters. The van der Waals surface area contributed by atoms with Gasteiger partial charge < -0.3 is 19.9 Å². The molecule has 1 aliphatic heterocycles. The van der Waals surface area contributed by atoms with Crippen LogP contribution in [0.3, 0.4) is 0 Å². The van der Waals surface area contributed by atoms with Crippen LogP contribution in [0, 0.1) is 0 Å². The highest BCUT2D eigenvalue weighted by Gasteiger charge is 2.28. The van der Waals surface area contributed by atoms with Gasteiger partial charge in [0, 0.05) is 6.04 Å². The van der Waals surface area contributed by atoms with Crippen LogP contribution in [0.4, 0.5) is 0 Å². The van der Waals surface area contributed by atoms with E-state index < -0.39 is 9.84 Å². The molecule has 0 amide bonds. The lowest BCUT2D eigenvalue weighted by atomic mass is 10.3. The summed E-state index contributed by atoms with van der Waals surface area (Å²) in [5.74, 6) is 0.310. The number of hydrogen-bond donors (Lipinski definition) is 2. The van der Waals surface area contributed by atoms with Crippen LogP contribution in [-0.4, -0.2) is 62.7 Å². The Morgan fingerprint density at radius 2 is 2.18 bits per heavy atom. The molecule has 1 rings (SSSR count). The monoisotopic (exact) mass is 283 g/mol. The number of ether oxygens (including phenoxy) is 2. The minimum atomic E-state index is -2.90. The van der Waals surface area contributed by atoms with Gasteiger partial charge in [-0.3, -0.25) is 0 Å². The normalized spacial score (nSPS) is 22.3. The summed E-state index contributed by atoms with van der Waals surface area (Å²) in [7, 11) is -2.90. The molecule has 0 bridgehead atoms. The van der Waals surface area contributed by atoms with E-state index in [4.69, 9.17) is 26.8 Å². The van der Waals surface area contributed by atoms with Crippen LogP contribution in [0.2, 0.25) is 0 Å². The Morgan fingerprint density at radius 3 is 2.76 bits per heavy atom. The Morgan fingerprint density at radius 1 is 1.41 bits per heavy atom. The fourth-order valence-corrected chi connectivity index (χ4v) is 3.40. The molecule has 0 aromatic heterocycles. The Bertz CT molecular complexity index is 343. The number of aliphatic hydroxyl groups excluding tert-OH is 1. The minimum absolute atomic E-state index is 0.0252. The van der Waals surface area contributed by atoms with Crippen LogP contribution in [0.1, 0.15) is 6.42 Å². The molecule has 0 unspecified atom stereocenters. The summed E-state index contributed by atoms with van der Waals surface area (Å²) in [5, 5.41) is 11.5. The van der Waals surface area contributed by atoms with E-state index >= 15 is 0 Å². The zero-order valence-electron chi connectivity index (χ0n) is 9.42. The van der Waals surface area contributed by atoms with E-state index in [1.165, 1.54) is 0 Å². The highest BCUT2D eigenvalue weighted by Crippen LogP contribution is 2.11. The number of thiocarbonyl (C=S) groups is 1. The van der Waals surface area contributed by atoms with Crippen LogP contribution >= 0.6 is 12.2 Å². The quantitative estimate of drug-likeness (QED) is 0.481. The second-order valence-electron chi connectivity index (χ2n) is 3.72. The van der Waals surface area contributed by atoms with Gasteiger partial charge in [-0.15, -0.1) is 0 Å². The lowest BCUT2D eigenvalue weighted by Crippen LogP contribution is -2.36. The van der Waals surface area contributed by atoms with Crippen molar-refractivity contribution in [1.29, 1.82) is 0 Å². The third kappa shape index (κ3) is 6.16. The predicted octanol–water partition coefficient (Wildman–Crippen LogP) is -0.926. The number of rotatable bonds is 6. The standard InChI is InChI=1S/C9H17NO5S2/c11-2-3-14-4-5-15-9(16)10-8-1-6-17(12,13)7-8/h8,11H,1-7H2,(H,10,16)/t8-/m1/s1. The smallest absolute Gasteiger partial charge is 0.256 e. The number of aliphatic hydroxyl groups is 1. The first kappa shape index (κ1) is 14.6. The van der Waals surface area contributed by atoms with Crippen molar-refractivity contribution in [2.24, 2.45) is 0 Å². The average molecular weight is 283 g/mol. The zero-order chi connectivity index (χ0) is 12.7. The van der Waals surface area contributed by atoms with Crippen LogP contribution in [0.25, 0.3) is 0 Å². The van der Waals surface area contributed by atoms with Gasteiger partial charge in [-0.25, -0.2) is 8.42 Å². The summed E-state index contributed by atoms with van der Waals surface area (Å²) in [4.78, 5) is 0. The molecule has 17 heavy (non-hydrogen) atoms. The fraction of sp³-hybridized carbons (Fsp3) is 0.889. The summed E-state index contributed by atoms with van der Waals surface area (Å²) in [6.45, 7) is 0.865. The molecule has 1 saturated heterocycles. The van der Waals surface area contributed by atoms with Crippen LogP contribution < -0.4 is 5.32 Å². The average Bonchev–Trinajstić information content (AvgIpc) is 2.57. The molecule has 1 fully saturated rings. The summed E-state index contributed by atoms with van der Waals surface area (Å²) in [5.41, 5.74) is 0. The van der Waals surface area contributed by atoms with Crippen LogP contribution in [0.15, 0.2) is 0 Å². The molecular weight excluding hydrogens is 266 g/mol. The first-order valence-electron chi connectivity index (χ1n) is 5.36. The molecule has 0 spiro atoms. The van der Waals surface area contributed by atoms with Gasteiger partial charge in [0.05, 0.1) is 31.3 Å². The summed E-state index contributed by atoms with van der Waals surface area (Å²) < 4.78 is 32.5. The van der Waals surface area contributed by atoms with E-state index in [2.05, 4.69) is 5.32 Å². The third-order valence-electron chi connectivity index (χ3n) is 2.25. The first-order valence-corrected chi connectivity index (χ1v) is 7.59. The molecule has 0 aromatic carbocycles. The topological polar surface area (TPSA) is 84.9 Å². The molecule has 0 aromatic rings. The van der Waals surface area contributed by atoms with Gasteiger partial charge in [0.25, 0.3) is 5.17 Å².